The van der Waals surface area contributed by atoms with Crippen LogP contribution in [0.5, 0.6) is 0 Å². The molecule has 0 aromatic carbocycles. The fraction of sp³-hybridized carbons (Fsp3) is 0.615. The van der Waals surface area contributed by atoms with E-state index in [1.54, 1.807) is 0 Å². The lowest BCUT2D eigenvalue weighted by Crippen LogP contribution is -2.47. The van der Waals surface area contributed by atoms with Crippen molar-refractivity contribution in [3.8, 4) is 0 Å². The molecule has 0 spiro atoms. The first kappa shape index (κ1) is 12.5. The van der Waals surface area contributed by atoms with E-state index in [0.717, 1.165) is 39.3 Å². The van der Waals surface area contributed by atoms with Crippen LogP contribution in [0.4, 0.5) is 0 Å². The molecule has 1 aliphatic rings. The molecule has 2 heterocycles. The summed E-state index contributed by atoms with van der Waals surface area (Å²) in [6.45, 7) is 4.75. The summed E-state index contributed by atoms with van der Waals surface area (Å²) in [4.78, 5) is 6.47. The number of hydrogen-bond donors (Lipinski definition) is 1. The quantitative estimate of drug-likeness (QED) is 0.808. The Morgan fingerprint density at radius 3 is 3.24 bits per heavy atom. The summed E-state index contributed by atoms with van der Waals surface area (Å²) in [7, 11) is 2.16. The molecule has 1 aromatic rings. The number of ether oxygens (including phenoxy) is 1. The number of pyridine rings is 1. The van der Waals surface area contributed by atoms with Gasteiger partial charge in [-0.05, 0) is 25.1 Å². The Morgan fingerprint density at radius 1 is 1.59 bits per heavy atom. The van der Waals surface area contributed by atoms with Crippen molar-refractivity contribution in [3.63, 3.8) is 0 Å². The molecule has 4 heteroatoms. The minimum Gasteiger partial charge on any atom is -0.378 e. The summed E-state index contributed by atoms with van der Waals surface area (Å²) in [6, 6.07) is 4.59. The average molecular weight is 235 g/mol. The summed E-state index contributed by atoms with van der Waals surface area (Å²) < 4.78 is 5.45. The van der Waals surface area contributed by atoms with Gasteiger partial charge in [-0.1, -0.05) is 6.07 Å². The summed E-state index contributed by atoms with van der Waals surface area (Å²) >= 11 is 0. The largest absolute Gasteiger partial charge is 0.378 e. The van der Waals surface area contributed by atoms with E-state index in [4.69, 9.17) is 4.74 Å². The SMILES string of the molecule is CN(CCc1cccnc1)CC1COCCN1. The van der Waals surface area contributed by atoms with Gasteiger partial charge >= 0.3 is 0 Å². The maximum atomic E-state index is 5.45. The van der Waals surface area contributed by atoms with Gasteiger partial charge in [0.2, 0.25) is 0 Å². The molecule has 1 atom stereocenters. The molecular formula is C13H21N3O. The van der Waals surface area contributed by atoms with Crippen molar-refractivity contribution in [1.29, 1.82) is 0 Å². The van der Waals surface area contributed by atoms with Crippen molar-refractivity contribution in [2.45, 2.75) is 12.5 Å². The van der Waals surface area contributed by atoms with Crippen molar-refractivity contribution < 1.29 is 4.74 Å². The Hall–Kier alpha value is -0.970. The fourth-order valence-electron chi connectivity index (χ4n) is 2.07. The molecule has 1 aliphatic heterocycles. The summed E-state index contributed by atoms with van der Waals surface area (Å²) in [5.41, 5.74) is 1.30. The van der Waals surface area contributed by atoms with Gasteiger partial charge in [-0.2, -0.15) is 0 Å². The van der Waals surface area contributed by atoms with E-state index < -0.39 is 0 Å². The minimum absolute atomic E-state index is 0.475. The smallest absolute Gasteiger partial charge is 0.0632 e. The van der Waals surface area contributed by atoms with Crippen LogP contribution in [0.25, 0.3) is 0 Å². The highest BCUT2D eigenvalue weighted by molar-refractivity contribution is 5.08. The Morgan fingerprint density at radius 2 is 2.53 bits per heavy atom. The molecule has 1 fully saturated rings. The first-order valence-electron chi connectivity index (χ1n) is 6.23. The zero-order valence-corrected chi connectivity index (χ0v) is 10.4. The van der Waals surface area contributed by atoms with Crippen LogP contribution in [-0.2, 0) is 11.2 Å². The van der Waals surface area contributed by atoms with E-state index in [0.29, 0.717) is 6.04 Å². The molecule has 0 radical (unpaired) electrons. The molecule has 1 saturated heterocycles. The van der Waals surface area contributed by atoms with Crippen molar-refractivity contribution in [3.05, 3.63) is 30.1 Å². The highest BCUT2D eigenvalue weighted by Crippen LogP contribution is 2.00. The molecule has 1 aromatic heterocycles. The van der Waals surface area contributed by atoms with E-state index in [9.17, 15) is 0 Å². The lowest BCUT2D eigenvalue weighted by atomic mass is 10.2. The van der Waals surface area contributed by atoms with Crippen LogP contribution in [0.15, 0.2) is 24.5 Å². The van der Waals surface area contributed by atoms with Gasteiger partial charge in [-0.15, -0.1) is 0 Å². The fourth-order valence-corrected chi connectivity index (χ4v) is 2.07. The minimum atomic E-state index is 0.475. The zero-order valence-electron chi connectivity index (χ0n) is 10.4. The third-order valence-electron chi connectivity index (χ3n) is 3.04. The number of nitrogens with zero attached hydrogens (tertiary/aromatic N) is 2. The zero-order chi connectivity index (χ0) is 11.9. The number of likely N-dealkylation sites (N-methyl/N-ethyl adjacent to an activating group) is 1. The van der Waals surface area contributed by atoms with Gasteiger partial charge < -0.3 is 15.0 Å². The lowest BCUT2D eigenvalue weighted by Gasteiger charge is -2.28. The van der Waals surface area contributed by atoms with Gasteiger partial charge in [0.15, 0.2) is 0 Å². The number of aromatic nitrogens is 1. The van der Waals surface area contributed by atoms with E-state index >= 15 is 0 Å². The molecule has 0 bridgehead atoms. The topological polar surface area (TPSA) is 37.4 Å². The maximum absolute atomic E-state index is 5.45. The predicted molar refractivity (Wildman–Crippen MR) is 68.0 cm³/mol. The second kappa shape index (κ2) is 6.69. The van der Waals surface area contributed by atoms with Gasteiger partial charge in [0.25, 0.3) is 0 Å². The number of hydrogen-bond acceptors (Lipinski definition) is 4. The lowest BCUT2D eigenvalue weighted by molar-refractivity contribution is 0.0655. The Labute approximate surface area is 103 Å². The Kier molecular flexibility index (Phi) is 4.91. The molecule has 4 nitrogen and oxygen atoms in total. The monoisotopic (exact) mass is 235 g/mol. The van der Waals surface area contributed by atoms with Crippen LogP contribution in [0.3, 0.4) is 0 Å². The summed E-state index contributed by atoms with van der Waals surface area (Å²) in [5, 5.41) is 3.47. The third kappa shape index (κ3) is 4.42. The van der Waals surface area contributed by atoms with E-state index in [1.807, 2.05) is 18.5 Å². The van der Waals surface area contributed by atoms with Crippen molar-refractivity contribution in [2.75, 3.05) is 39.9 Å². The first-order valence-corrected chi connectivity index (χ1v) is 6.23. The molecule has 17 heavy (non-hydrogen) atoms. The molecule has 0 aliphatic carbocycles. The molecule has 1 unspecified atom stereocenters. The average Bonchev–Trinajstić information content (AvgIpc) is 2.39. The molecule has 2 rings (SSSR count). The number of nitrogens with one attached hydrogen (secondary N) is 1. The van der Waals surface area contributed by atoms with Crippen molar-refractivity contribution in [1.82, 2.24) is 15.2 Å². The van der Waals surface area contributed by atoms with Gasteiger partial charge in [-0.25, -0.2) is 0 Å². The van der Waals surface area contributed by atoms with Crippen LogP contribution in [-0.4, -0.2) is 55.8 Å². The van der Waals surface area contributed by atoms with Gasteiger partial charge in [0.05, 0.1) is 13.2 Å². The Bertz CT molecular complexity index is 312. The third-order valence-corrected chi connectivity index (χ3v) is 3.04. The van der Waals surface area contributed by atoms with Crippen LogP contribution >= 0.6 is 0 Å². The van der Waals surface area contributed by atoms with Crippen molar-refractivity contribution >= 4 is 0 Å². The normalized spacial score (nSPS) is 20.7. The maximum Gasteiger partial charge on any atom is 0.0632 e. The summed E-state index contributed by atoms with van der Waals surface area (Å²) in [6.07, 6.45) is 4.81. The van der Waals surface area contributed by atoms with Crippen LogP contribution in [0, 0.1) is 0 Å². The van der Waals surface area contributed by atoms with Crippen molar-refractivity contribution in [2.24, 2.45) is 0 Å². The van der Waals surface area contributed by atoms with E-state index in [1.165, 1.54) is 5.56 Å². The second-order valence-electron chi connectivity index (χ2n) is 4.60. The van der Waals surface area contributed by atoms with E-state index in [-0.39, 0.29) is 0 Å². The van der Waals surface area contributed by atoms with Crippen LogP contribution < -0.4 is 5.32 Å². The van der Waals surface area contributed by atoms with Gasteiger partial charge in [0, 0.05) is 38.1 Å². The standard InChI is InChI=1S/C13H21N3O/c1-16(10-13-11-17-8-6-15-13)7-4-12-3-2-5-14-9-12/h2-3,5,9,13,15H,4,6-8,10-11H2,1H3. The van der Waals surface area contributed by atoms with Crippen LogP contribution in [0.1, 0.15) is 5.56 Å². The highest BCUT2D eigenvalue weighted by Gasteiger charge is 2.14. The molecule has 1 N–H and O–H groups in total. The van der Waals surface area contributed by atoms with E-state index in [2.05, 4.69) is 28.3 Å². The Balaban J connectivity index is 1.68. The predicted octanol–water partition coefficient (Wildman–Crippen LogP) is 0.544. The number of morpholine rings is 1. The molecular weight excluding hydrogens is 214 g/mol. The molecule has 0 saturated carbocycles. The molecule has 0 amide bonds. The first-order chi connectivity index (χ1) is 8.34. The number of rotatable bonds is 5. The van der Waals surface area contributed by atoms with Gasteiger partial charge in [0.1, 0.15) is 0 Å². The molecule has 94 valence electrons. The van der Waals surface area contributed by atoms with Gasteiger partial charge in [-0.3, -0.25) is 4.98 Å². The second-order valence-corrected chi connectivity index (χ2v) is 4.60. The van der Waals surface area contributed by atoms with Crippen LogP contribution in [0.2, 0.25) is 0 Å². The summed E-state index contributed by atoms with van der Waals surface area (Å²) in [5.74, 6) is 0. The highest BCUT2D eigenvalue weighted by atomic mass is 16.5.